The molecule has 1 amide bonds. The van der Waals surface area contributed by atoms with Gasteiger partial charge in [-0.25, -0.2) is 0 Å². The van der Waals surface area contributed by atoms with E-state index in [1.807, 2.05) is 13.8 Å². The highest BCUT2D eigenvalue weighted by atomic mass is 16.5. The summed E-state index contributed by atoms with van der Waals surface area (Å²) in [4.78, 5) is 11.9. The van der Waals surface area contributed by atoms with E-state index in [4.69, 9.17) is 4.74 Å². The van der Waals surface area contributed by atoms with Gasteiger partial charge < -0.3 is 15.4 Å². The van der Waals surface area contributed by atoms with Crippen LogP contribution in [-0.2, 0) is 9.53 Å². The highest BCUT2D eigenvalue weighted by Crippen LogP contribution is 2.22. The molecule has 1 saturated heterocycles. The molecule has 0 aromatic carbocycles. The molecule has 0 aliphatic carbocycles. The summed E-state index contributed by atoms with van der Waals surface area (Å²) in [5.74, 6) is 1.25. The predicted octanol–water partition coefficient (Wildman–Crippen LogP) is 1.55. The van der Waals surface area contributed by atoms with Crippen molar-refractivity contribution in [2.75, 3.05) is 26.3 Å². The molecule has 0 aromatic heterocycles. The second-order valence-corrected chi connectivity index (χ2v) is 5.42. The molecule has 3 unspecified atom stereocenters. The quantitative estimate of drug-likeness (QED) is 0.726. The Kier molecular flexibility index (Phi) is 7.28. The van der Waals surface area contributed by atoms with Gasteiger partial charge in [0.2, 0.25) is 5.91 Å². The summed E-state index contributed by atoms with van der Waals surface area (Å²) in [6, 6.07) is 0.106. The highest BCUT2D eigenvalue weighted by molar-refractivity contribution is 5.76. The van der Waals surface area contributed by atoms with Gasteiger partial charge in [0.25, 0.3) is 0 Å². The SMILES string of the molecule is CCOCC(C)NC(=O)CC(C)C1CCCNC1. The van der Waals surface area contributed by atoms with Crippen molar-refractivity contribution in [3.63, 3.8) is 0 Å². The summed E-state index contributed by atoms with van der Waals surface area (Å²) < 4.78 is 5.29. The molecule has 18 heavy (non-hydrogen) atoms. The van der Waals surface area contributed by atoms with Crippen molar-refractivity contribution in [1.82, 2.24) is 10.6 Å². The fourth-order valence-electron chi connectivity index (χ4n) is 2.49. The van der Waals surface area contributed by atoms with E-state index in [2.05, 4.69) is 17.6 Å². The van der Waals surface area contributed by atoms with Gasteiger partial charge in [-0.1, -0.05) is 6.92 Å². The molecule has 1 aliphatic heterocycles. The summed E-state index contributed by atoms with van der Waals surface area (Å²) in [6.07, 6.45) is 3.11. The van der Waals surface area contributed by atoms with E-state index in [1.54, 1.807) is 0 Å². The number of rotatable bonds is 7. The lowest BCUT2D eigenvalue weighted by Gasteiger charge is -2.28. The second kappa shape index (κ2) is 8.48. The summed E-state index contributed by atoms with van der Waals surface area (Å²) in [7, 11) is 0. The standard InChI is InChI=1S/C14H28N2O2/c1-4-18-10-12(3)16-14(17)8-11(2)13-6-5-7-15-9-13/h11-13,15H,4-10H2,1-3H3,(H,16,17). The van der Waals surface area contributed by atoms with Crippen LogP contribution in [0.15, 0.2) is 0 Å². The number of hydrogen-bond acceptors (Lipinski definition) is 3. The molecule has 0 aromatic rings. The average Bonchev–Trinajstić information content (AvgIpc) is 2.37. The van der Waals surface area contributed by atoms with Crippen LogP contribution in [0.5, 0.6) is 0 Å². The second-order valence-electron chi connectivity index (χ2n) is 5.42. The van der Waals surface area contributed by atoms with Crippen LogP contribution < -0.4 is 10.6 Å². The molecule has 0 bridgehead atoms. The van der Waals surface area contributed by atoms with Crippen LogP contribution in [0.3, 0.4) is 0 Å². The third kappa shape index (κ3) is 5.83. The van der Waals surface area contributed by atoms with Gasteiger partial charge in [-0.05, 0) is 51.6 Å². The average molecular weight is 256 g/mol. The van der Waals surface area contributed by atoms with Gasteiger partial charge in [0.05, 0.1) is 6.61 Å². The number of piperidine rings is 1. The number of nitrogens with one attached hydrogen (secondary N) is 2. The van der Waals surface area contributed by atoms with Crippen LogP contribution in [0.4, 0.5) is 0 Å². The van der Waals surface area contributed by atoms with Crippen molar-refractivity contribution in [3.05, 3.63) is 0 Å². The third-order valence-electron chi connectivity index (χ3n) is 3.63. The Morgan fingerprint density at radius 2 is 2.28 bits per heavy atom. The molecule has 0 radical (unpaired) electrons. The lowest BCUT2D eigenvalue weighted by Crippen LogP contribution is -2.39. The molecule has 3 atom stereocenters. The molecule has 0 spiro atoms. The molecule has 0 saturated carbocycles. The van der Waals surface area contributed by atoms with Gasteiger partial charge in [-0.15, -0.1) is 0 Å². The first-order chi connectivity index (χ1) is 8.63. The van der Waals surface area contributed by atoms with E-state index in [1.165, 1.54) is 12.8 Å². The lowest BCUT2D eigenvalue weighted by atomic mass is 9.85. The minimum atomic E-state index is 0.106. The highest BCUT2D eigenvalue weighted by Gasteiger charge is 2.22. The van der Waals surface area contributed by atoms with Gasteiger partial charge in [-0.3, -0.25) is 4.79 Å². The lowest BCUT2D eigenvalue weighted by molar-refractivity contribution is -0.123. The first-order valence-corrected chi connectivity index (χ1v) is 7.21. The van der Waals surface area contributed by atoms with Crippen LogP contribution in [0.2, 0.25) is 0 Å². The fraction of sp³-hybridized carbons (Fsp3) is 0.929. The van der Waals surface area contributed by atoms with Crippen molar-refractivity contribution in [3.8, 4) is 0 Å². The van der Waals surface area contributed by atoms with Crippen LogP contribution >= 0.6 is 0 Å². The largest absolute Gasteiger partial charge is 0.380 e. The van der Waals surface area contributed by atoms with Gasteiger partial charge in [0.15, 0.2) is 0 Å². The van der Waals surface area contributed by atoms with E-state index in [9.17, 15) is 4.79 Å². The molecule has 1 fully saturated rings. The van der Waals surface area contributed by atoms with Crippen molar-refractivity contribution in [1.29, 1.82) is 0 Å². The molecule has 1 rings (SSSR count). The summed E-state index contributed by atoms with van der Waals surface area (Å²) in [5, 5.41) is 6.41. The first-order valence-electron chi connectivity index (χ1n) is 7.21. The van der Waals surface area contributed by atoms with Crippen molar-refractivity contribution in [2.45, 2.75) is 46.1 Å². The van der Waals surface area contributed by atoms with E-state index >= 15 is 0 Å². The van der Waals surface area contributed by atoms with Crippen LogP contribution in [0.25, 0.3) is 0 Å². The molecule has 1 heterocycles. The maximum absolute atomic E-state index is 11.9. The molecule has 4 nitrogen and oxygen atoms in total. The summed E-state index contributed by atoms with van der Waals surface area (Å²) >= 11 is 0. The fourth-order valence-corrected chi connectivity index (χ4v) is 2.49. The van der Waals surface area contributed by atoms with Gasteiger partial charge >= 0.3 is 0 Å². The molecule has 106 valence electrons. The molecule has 2 N–H and O–H groups in total. The molecular weight excluding hydrogens is 228 g/mol. The molecule has 4 heteroatoms. The third-order valence-corrected chi connectivity index (χ3v) is 3.63. The maximum Gasteiger partial charge on any atom is 0.220 e. The topological polar surface area (TPSA) is 50.4 Å². The predicted molar refractivity (Wildman–Crippen MR) is 73.5 cm³/mol. The van der Waals surface area contributed by atoms with E-state index in [-0.39, 0.29) is 11.9 Å². The summed E-state index contributed by atoms with van der Waals surface area (Å²) in [6.45, 7) is 9.62. The van der Waals surface area contributed by atoms with Gasteiger partial charge in [0, 0.05) is 19.1 Å². The Morgan fingerprint density at radius 1 is 1.50 bits per heavy atom. The van der Waals surface area contributed by atoms with E-state index in [0.29, 0.717) is 31.5 Å². The smallest absolute Gasteiger partial charge is 0.220 e. The van der Waals surface area contributed by atoms with Gasteiger partial charge in [-0.2, -0.15) is 0 Å². The zero-order chi connectivity index (χ0) is 13.4. The number of amides is 1. The number of hydrogen-bond donors (Lipinski definition) is 2. The maximum atomic E-state index is 11.9. The Morgan fingerprint density at radius 3 is 2.89 bits per heavy atom. The molecular formula is C14H28N2O2. The van der Waals surface area contributed by atoms with Crippen molar-refractivity contribution >= 4 is 5.91 Å². The molecule has 1 aliphatic rings. The number of ether oxygens (including phenoxy) is 1. The van der Waals surface area contributed by atoms with Crippen LogP contribution in [-0.4, -0.2) is 38.3 Å². The van der Waals surface area contributed by atoms with Crippen molar-refractivity contribution < 1.29 is 9.53 Å². The Hall–Kier alpha value is -0.610. The Balaban J connectivity index is 2.21. The Bertz CT molecular complexity index is 240. The number of carbonyl (C=O) groups excluding carboxylic acids is 1. The number of carbonyl (C=O) groups is 1. The van der Waals surface area contributed by atoms with E-state index in [0.717, 1.165) is 13.1 Å². The van der Waals surface area contributed by atoms with Gasteiger partial charge in [0.1, 0.15) is 0 Å². The van der Waals surface area contributed by atoms with Crippen molar-refractivity contribution in [2.24, 2.45) is 11.8 Å². The van der Waals surface area contributed by atoms with Crippen LogP contribution in [0.1, 0.15) is 40.0 Å². The zero-order valence-electron chi connectivity index (χ0n) is 12.0. The van der Waals surface area contributed by atoms with E-state index < -0.39 is 0 Å². The minimum absolute atomic E-state index is 0.106. The normalized spacial score (nSPS) is 23.4. The zero-order valence-corrected chi connectivity index (χ0v) is 12.0. The Labute approximate surface area is 111 Å². The monoisotopic (exact) mass is 256 g/mol. The first kappa shape index (κ1) is 15.4. The minimum Gasteiger partial charge on any atom is -0.380 e. The van der Waals surface area contributed by atoms with Crippen LogP contribution in [0, 0.1) is 11.8 Å². The summed E-state index contributed by atoms with van der Waals surface area (Å²) in [5.41, 5.74) is 0.